The molecule has 0 bridgehead atoms. The van der Waals surface area contributed by atoms with E-state index < -0.39 is 5.82 Å². The molecule has 3 nitrogen and oxygen atoms in total. The molecule has 1 aromatic heterocycles. The van der Waals surface area contributed by atoms with E-state index in [1.165, 1.54) is 6.07 Å². The van der Waals surface area contributed by atoms with Crippen LogP contribution in [0.1, 0.15) is 24.1 Å². The minimum absolute atomic E-state index is 0.265. The van der Waals surface area contributed by atoms with Gasteiger partial charge < -0.3 is 4.74 Å². The Morgan fingerprint density at radius 1 is 1.27 bits per heavy atom. The van der Waals surface area contributed by atoms with E-state index >= 15 is 0 Å². The third kappa shape index (κ3) is 2.05. The predicted octanol–water partition coefficient (Wildman–Crippen LogP) is 4.74. The number of hydrogen-bond donors (Lipinski definition) is 0. The molecule has 6 heteroatoms. The van der Waals surface area contributed by atoms with E-state index in [0.717, 1.165) is 31.5 Å². The second kappa shape index (κ2) is 5.28. The van der Waals surface area contributed by atoms with Crippen LogP contribution in [-0.4, -0.2) is 16.4 Å². The number of rotatable bonds is 1. The summed E-state index contributed by atoms with van der Waals surface area (Å²) in [6.45, 7) is 1.24. The molecule has 0 fully saturated rings. The fraction of sp³-hybridized carbons (Fsp3) is 0.312. The van der Waals surface area contributed by atoms with E-state index in [4.69, 9.17) is 27.9 Å². The maximum Gasteiger partial charge on any atom is 0.146 e. The van der Waals surface area contributed by atoms with Crippen molar-refractivity contribution in [3.8, 4) is 17.0 Å². The SMILES string of the molecule is Fc1cc(Cl)c2c(c1-c1nn3c(c1Cl)CCCC3)C=CCO2. The molecule has 2 aromatic rings. The van der Waals surface area contributed by atoms with Gasteiger partial charge in [-0.3, -0.25) is 4.68 Å². The van der Waals surface area contributed by atoms with Crippen molar-refractivity contribution in [2.45, 2.75) is 25.8 Å². The summed E-state index contributed by atoms with van der Waals surface area (Å²) in [7, 11) is 0. The molecule has 0 radical (unpaired) electrons. The monoisotopic (exact) mass is 338 g/mol. The van der Waals surface area contributed by atoms with E-state index in [2.05, 4.69) is 5.10 Å². The van der Waals surface area contributed by atoms with Crippen molar-refractivity contribution in [2.75, 3.05) is 6.61 Å². The fourth-order valence-electron chi connectivity index (χ4n) is 3.08. The lowest BCUT2D eigenvalue weighted by atomic mass is 10.00. The summed E-state index contributed by atoms with van der Waals surface area (Å²) in [5.74, 6) is 0.0545. The summed E-state index contributed by atoms with van der Waals surface area (Å²) in [4.78, 5) is 0. The van der Waals surface area contributed by atoms with Crippen molar-refractivity contribution >= 4 is 29.3 Å². The molecule has 3 heterocycles. The normalized spacial score (nSPS) is 16.1. The Bertz CT molecular complexity index is 798. The third-order valence-corrected chi connectivity index (χ3v) is 4.77. The summed E-state index contributed by atoms with van der Waals surface area (Å²) in [6, 6.07) is 1.27. The lowest BCUT2D eigenvalue weighted by Gasteiger charge is -2.17. The van der Waals surface area contributed by atoms with Crippen LogP contribution in [-0.2, 0) is 13.0 Å². The Balaban J connectivity index is 1.98. The molecule has 0 amide bonds. The summed E-state index contributed by atoms with van der Waals surface area (Å²) in [5.41, 5.74) is 2.42. The van der Waals surface area contributed by atoms with Gasteiger partial charge in [0.1, 0.15) is 23.9 Å². The van der Waals surface area contributed by atoms with Gasteiger partial charge in [0.2, 0.25) is 0 Å². The third-order valence-electron chi connectivity index (χ3n) is 4.10. The average Bonchev–Trinajstić information content (AvgIpc) is 2.85. The van der Waals surface area contributed by atoms with Gasteiger partial charge in [0, 0.05) is 12.1 Å². The summed E-state index contributed by atoms with van der Waals surface area (Å²) >= 11 is 12.6. The van der Waals surface area contributed by atoms with Gasteiger partial charge in [-0.25, -0.2) is 4.39 Å². The average molecular weight is 339 g/mol. The van der Waals surface area contributed by atoms with Gasteiger partial charge in [-0.2, -0.15) is 5.10 Å². The molecule has 0 atom stereocenters. The molecule has 0 spiro atoms. The Morgan fingerprint density at radius 3 is 2.95 bits per heavy atom. The van der Waals surface area contributed by atoms with E-state index in [0.29, 0.717) is 34.2 Å². The maximum atomic E-state index is 14.6. The molecule has 0 aliphatic carbocycles. The van der Waals surface area contributed by atoms with Gasteiger partial charge in [0.05, 0.1) is 21.3 Å². The van der Waals surface area contributed by atoms with Crippen LogP contribution in [0.4, 0.5) is 4.39 Å². The first-order chi connectivity index (χ1) is 10.7. The Morgan fingerprint density at radius 2 is 2.14 bits per heavy atom. The quantitative estimate of drug-likeness (QED) is 0.750. The van der Waals surface area contributed by atoms with Crippen LogP contribution in [0.3, 0.4) is 0 Å². The van der Waals surface area contributed by atoms with Gasteiger partial charge in [-0.05, 0) is 31.4 Å². The number of aryl methyl sites for hydroxylation is 1. The highest BCUT2D eigenvalue weighted by atomic mass is 35.5. The second-order valence-corrected chi connectivity index (χ2v) is 6.25. The van der Waals surface area contributed by atoms with Crippen LogP contribution >= 0.6 is 23.2 Å². The number of fused-ring (bicyclic) bond motifs is 2. The van der Waals surface area contributed by atoms with E-state index in [1.807, 2.05) is 16.8 Å². The van der Waals surface area contributed by atoms with Crippen LogP contribution in [0.25, 0.3) is 17.3 Å². The first kappa shape index (κ1) is 14.1. The maximum absolute atomic E-state index is 14.6. The highest BCUT2D eigenvalue weighted by Crippen LogP contribution is 2.43. The predicted molar refractivity (Wildman–Crippen MR) is 85.1 cm³/mol. The number of hydrogen-bond acceptors (Lipinski definition) is 2. The van der Waals surface area contributed by atoms with Gasteiger partial charge in [-0.15, -0.1) is 0 Å². The molecule has 114 valence electrons. The van der Waals surface area contributed by atoms with Crippen LogP contribution in [0.2, 0.25) is 10.0 Å². The number of benzene rings is 1. The molecule has 22 heavy (non-hydrogen) atoms. The van der Waals surface area contributed by atoms with Gasteiger partial charge in [0.15, 0.2) is 0 Å². The van der Waals surface area contributed by atoms with Crippen LogP contribution < -0.4 is 4.74 Å². The molecular weight excluding hydrogens is 326 g/mol. The zero-order chi connectivity index (χ0) is 15.3. The molecule has 4 rings (SSSR count). The molecule has 0 saturated carbocycles. The fourth-order valence-corrected chi connectivity index (χ4v) is 3.65. The van der Waals surface area contributed by atoms with Gasteiger partial charge >= 0.3 is 0 Å². The minimum Gasteiger partial charge on any atom is -0.487 e. The van der Waals surface area contributed by atoms with Gasteiger partial charge in [0.25, 0.3) is 0 Å². The van der Waals surface area contributed by atoms with Crippen LogP contribution in [0, 0.1) is 5.82 Å². The van der Waals surface area contributed by atoms with E-state index in [9.17, 15) is 4.39 Å². The standard InChI is InChI=1S/C16H13Cl2FN2O/c17-10-8-11(19)13(9-4-3-7-22-16(9)10)15-14(18)12-5-1-2-6-21(12)20-15/h3-4,8H,1-2,5-7H2. The largest absolute Gasteiger partial charge is 0.487 e. The lowest BCUT2D eigenvalue weighted by molar-refractivity contribution is 0.358. The highest BCUT2D eigenvalue weighted by Gasteiger charge is 2.27. The van der Waals surface area contributed by atoms with Crippen molar-refractivity contribution in [1.82, 2.24) is 9.78 Å². The second-order valence-electron chi connectivity index (χ2n) is 5.46. The van der Waals surface area contributed by atoms with Crippen molar-refractivity contribution in [3.05, 3.63) is 39.3 Å². The van der Waals surface area contributed by atoms with Crippen molar-refractivity contribution in [3.63, 3.8) is 0 Å². The molecule has 0 unspecified atom stereocenters. The van der Waals surface area contributed by atoms with Crippen LogP contribution in [0.15, 0.2) is 12.1 Å². The Labute approximate surface area is 137 Å². The number of nitrogens with zero attached hydrogens (tertiary/aromatic N) is 2. The molecule has 0 saturated heterocycles. The van der Waals surface area contributed by atoms with Gasteiger partial charge in [-0.1, -0.05) is 29.3 Å². The lowest BCUT2D eigenvalue weighted by Crippen LogP contribution is -2.11. The number of ether oxygens (including phenoxy) is 1. The first-order valence-corrected chi connectivity index (χ1v) is 7.99. The minimum atomic E-state index is -0.434. The summed E-state index contributed by atoms with van der Waals surface area (Å²) in [5, 5.41) is 5.33. The summed E-state index contributed by atoms with van der Waals surface area (Å²) in [6.07, 6.45) is 6.66. The molecule has 2 aliphatic rings. The summed E-state index contributed by atoms with van der Waals surface area (Å²) < 4.78 is 22.0. The molecule has 1 aromatic carbocycles. The van der Waals surface area contributed by atoms with E-state index in [-0.39, 0.29) is 5.02 Å². The van der Waals surface area contributed by atoms with Crippen molar-refractivity contribution < 1.29 is 9.13 Å². The smallest absolute Gasteiger partial charge is 0.146 e. The molecule has 0 N–H and O–H groups in total. The number of halogens is 3. The first-order valence-electron chi connectivity index (χ1n) is 7.23. The van der Waals surface area contributed by atoms with Crippen LogP contribution in [0.5, 0.6) is 5.75 Å². The topological polar surface area (TPSA) is 27.1 Å². The Kier molecular flexibility index (Phi) is 3.39. The zero-order valence-corrected chi connectivity index (χ0v) is 13.2. The molecule has 2 aliphatic heterocycles. The van der Waals surface area contributed by atoms with E-state index in [1.54, 1.807) is 0 Å². The molecular formula is C16H13Cl2FN2O. The van der Waals surface area contributed by atoms with Crippen molar-refractivity contribution in [1.29, 1.82) is 0 Å². The number of aromatic nitrogens is 2. The Hall–Kier alpha value is -1.52. The zero-order valence-electron chi connectivity index (χ0n) is 11.7. The highest BCUT2D eigenvalue weighted by molar-refractivity contribution is 6.34. The van der Waals surface area contributed by atoms with Crippen molar-refractivity contribution in [2.24, 2.45) is 0 Å².